The van der Waals surface area contributed by atoms with Gasteiger partial charge in [0.05, 0.1) is 12.3 Å². The third kappa shape index (κ3) is 4.53. The minimum atomic E-state index is -0.520. The zero-order valence-electron chi connectivity index (χ0n) is 17.5. The van der Waals surface area contributed by atoms with Gasteiger partial charge in [0.15, 0.2) is 11.4 Å². The first-order chi connectivity index (χ1) is 14.9. The SMILES string of the molecule is CCOC(=O)c1c[nH]n2c(=O)cc(CN3CCC(NC(=O)c4ccc(C)o4)CC3)nc12. The molecule has 4 heterocycles. The van der Waals surface area contributed by atoms with Crippen LogP contribution in [0.2, 0.25) is 0 Å². The van der Waals surface area contributed by atoms with Gasteiger partial charge >= 0.3 is 5.97 Å². The molecule has 0 bridgehead atoms. The summed E-state index contributed by atoms with van der Waals surface area (Å²) in [7, 11) is 0. The molecule has 2 N–H and O–H groups in total. The third-order valence-electron chi connectivity index (χ3n) is 5.32. The summed E-state index contributed by atoms with van der Waals surface area (Å²) in [5.74, 6) is 0.301. The van der Waals surface area contributed by atoms with E-state index in [2.05, 4.69) is 20.3 Å². The number of aromatic amines is 1. The first-order valence-electron chi connectivity index (χ1n) is 10.3. The van der Waals surface area contributed by atoms with Gasteiger partial charge in [-0.2, -0.15) is 0 Å². The Morgan fingerprint density at radius 3 is 2.77 bits per heavy atom. The number of fused-ring (bicyclic) bond motifs is 1. The van der Waals surface area contributed by atoms with Crippen LogP contribution in [0.1, 0.15) is 52.1 Å². The summed E-state index contributed by atoms with van der Waals surface area (Å²) in [6.45, 7) is 5.75. The highest BCUT2D eigenvalue weighted by molar-refractivity contribution is 5.95. The minimum Gasteiger partial charge on any atom is -0.462 e. The molecule has 1 fully saturated rings. The first-order valence-corrected chi connectivity index (χ1v) is 10.3. The van der Waals surface area contributed by atoms with Crippen LogP contribution in [0, 0.1) is 6.92 Å². The number of piperidine rings is 1. The molecule has 164 valence electrons. The van der Waals surface area contributed by atoms with Gasteiger partial charge in [-0.25, -0.2) is 14.3 Å². The summed E-state index contributed by atoms with van der Waals surface area (Å²) >= 11 is 0. The van der Waals surface area contributed by atoms with Crippen molar-refractivity contribution in [2.75, 3.05) is 19.7 Å². The number of nitrogens with one attached hydrogen (secondary N) is 2. The van der Waals surface area contributed by atoms with Crippen molar-refractivity contribution in [2.45, 2.75) is 39.3 Å². The number of nitrogens with zero attached hydrogens (tertiary/aromatic N) is 3. The molecule has 3 aromatic heterocycles. The van der Waals surface area contributed by atoms with Crippen molar-refractivity contribution >= 4 is 17.5 Å². The number of hydrogen-bond acceptors (Lipinski definition) is 7. The van der Waals surface area contributed by atoms with E-state index in [9.17, 15) is 14.4 Å². The summed E-state index contributed by atoms with van der Waals surface area (Å²) in [6, 6.07) is 4.97. The van der Waals surface area contributed by atoms with Crippen LogP contribution in [0.25, 0.3) is 5.65 Å². The van der Waals surface area contributed by atoms with E-state index < -0.39 is 5.97 Å². The molecular formula is C21H25N5O5. The van der Waals surface area contributed by atoms with Crippen molar-refractivity contribution < 1.29 is 18.7 Å². The summed E-state index contributed by atoms with van der Waals surface area (Å²) < 4.78 is 11.6. The van der Waals surface area contributed by atoms with Crippen LogP contribution in [-0.4, -0.2) is 57.1 Å². The normalized spacial score (nSPS) is 15.3. The van der Waals surface area contributed by atoms with Crippen LogP contribution in [-0.2, 0) is 11.3 Å². The van der Waals surface area contributed by atoms with Gasteiger partial charge in [-0.15, -0.1) is 0 Å². The number of carbonyl (C=O) groups is 2. The fourth-order valence-corrected chi connectivity index (χ4v) is 3.75. The molecule has 0 spiro atoms. The summed E-state index contributed by atoms with van der Waals surface area (Å²) in [6.07, 6.45) is 3.00. The Hall–Kier alpha value is -3.40. The Balaban J connectivity index is 1.39. The Labute approximate surface area is 178 Å². The molecule has 1 aliphatic heterocycles. The van der Waals surface area contributed by atoms with Crippen LogP contribution in [0.3, 0.4) is 0 Å². The first kappa shape index (κ1) is 20.9. The third-order valence-corrected chi connectivity index (χ3v) is 5.32. The second-order valence-electron chi connectivity index (χ2n) is 7.59. The lowest BCUT2D eigenvalue weighted by atomic mass is 10.0. The Bertz CT molecular complexity index is 1150. The lowest BCUT2D eigenvalue weighted by Gasteiger charge is -2.31. The van der Waals surface area contributed by atoms with Gasteiger partial charge in [0, 0.05) is 37.9 Å². The number of furan rings is 1. The predicted octanol–water partition coefficient (Wildman–Crippen LogP) is 1.50. The average Bonchev–Trinajstić information content (AvgIpc) is 3.36. The highest BCUT2D eigenvalue weighted by Gasteiger charge is 2.23. The number of esters is 1. The van der Waals surface area contributed by atoms with Gasteiger partial charge in [0.1, 0.15) is 11.3 Å². The van der Waals surface area contributed by atoms with Gasteiger partial charge in [0.25, 0.3) is 11.5 Å². The summed E-state index contributed by atoms with van der Waals surface area (Å²) in [5, 5.41) is 5.76. The van der Waals surface area contributed by atoms with E-state index in [1.807, 2.05) is 0 Å². The number of H-pyrrole nitrogens is 1. The Morgan fingerprint density at radius 2 is 2.10 bits per heavy atom. The van der Waals surface area contributed by atoms with Crippen LogP contribution in [0.15, 0.2) is 33.6 Å². The maximum absolute atomic E-state index is 12.4. The number of aryl methyl sites for hydroxylation is 1. The molecule has 0 radical (unpaired) electrons. The molecule has 4 rings (SSSR count). The van der Waals surface area contributed by atoms with Gasteiger partial charge < -0.3 is 14.5 Å². The van der Waals surface area contributed by atoms with E-state index >= 15 is 0 Å². The molecule has 1 amide bonds. The molecule has 0 aliphatic carbocycles. The monoisotopic (exact) mass is 427 g/mol. The summed E-state index contributed by atoms with van der Waals surface area (Å²) in [5.41, 5.74) is 0.794. The van der Waals surface area contributed by atoms with E-state index in [0.717, 1.165) is 25.9 Å². The van der Waals surface area contributed by atoms with E-state index in [4.69, 9.17) is 9.15 Å². The standard InChI is InChI=1S/C21H25N5O5/c1-3-30-21(29)16-11-22-26-18(27)10-15(23-19(16)26)12-25-8-6-14(7-9-25)24-20(28)17-5-4-13(2)31-17/h4-5,10-11,14,22H,3,6-9,12H2,1-2H3,(H,24,28). The highest BCUT2D eigenvalue weighted by atomic mass is 16.5. The smallest absolute Gasteiger partial charge is 0.343 e. The molecule has 0 aromatic carbocycles. The molecule has 31 heavy (non-hydrogen) atoms. The van der Waals surface area contributed by atoms with Crippen LogP contribution >= 0.6 is 0 Å². The lowest BCUT2D eigenvalue weighted by Crippen LogP contribution is -2.44. The molecule has 10 nitrogen and oxygen atoms in total. The van der Waals surface area contributed by atoms with Crippen LogP contribution in [0.5, 0.6) is 0 Å². The topological polar surface area (TPSA) is 122 Å². The molecule has 0 unspecified atom stereocenters. The molecule has 0 atom stereocenters. The molecule has 1 aliphatic rings. The number of rotatable bonds is 6. The van der Waals surface area contributed by atoms with Gasteiger partial charge in [-0.3, -0.25) is 19.6 Å². The van der Waals surface area contributed by atoms with Crippen molar-refractivity contribution in [1.29, 1.82) is 0 Å². The largest absolute Gasteiger partial charge is 0.462 e. The average molecular weight is 427 g/mol. The summed E-state index contributed by atoms with van der Waals surface area (Å²) in [4.78, 5) is 43.5. The molecule has 1 saturated heterocycles. The zero-order valence-corrected chi connectivity index (χ0v) is 17.5. The van der Waals surface area contributed by atoms with Gasteiger partial charge in [-0.05, 0) is 38.8 Å². The maximum atomic E-state index is 12.4. The lowest BCUT2D eigenvalue weighted by molar-refractivity contribution is 0.0528. The minimum absolute atomic E-state index is 0.0651. The van der Waals surface area contributed by atoms with Gasteiger partial charge in [-0.1, -0.05) is 0 Å². The molecule has 0 saturated carbocycles. The van der Waals surface area contributed by atoms with Crippen molar-refractivity contribution in [3.05, 3.63) is 57.5 Å². The number of likely N-dealkylation sites (tertiary alicyclic amines) is 1. The van der Waals surface area contributed by atoms with Crippen molar-refractivity contribution in [3.8, 4) is 0 Å². The molecular weight excluding hydrogens is 402 g/mol. The number of ether oxygens (including phenoxy) is 1. The quantitative estimate of drug-likeness (QED) is 0.572. The van der Waals surface area contributed by atoms with Crippen LogP contribution in [0.4, 0.5) is 0 Å². The Morgan fingerprint density at radius 1 is 1.32 bits per heavy atom. The van der Waals surface area contributed by atoms with Gasteiger partial charge in [0.2, 0.25) is 0 Å². The predicted molar refractivity (Wildman–Crippen MR) is 111 cm³/mol. The second-order valence-corrected chi connectivity index (χ2v) is 7.59. The van der Waals surface area contributed by atoms with Crippen LogP contribution < -0.4 is 10.9 Å². The maximum Gasteiger partial charge on any atom is 0.343 e. The number of carbonyl (C=O) groups excluding carboxylic acids is 2. The van der Waals surface area contributed by atoms with Crippen molar-refractivity contribution in [1.82, 2.24) is 24.8 Å². The second kappa shape index (κ2) is 8.76. The fraction of sp³-hybridized carbons (Fsp3) is 0.429. The zero-order chi connectivity index (χ0) is 22.0. The van der Waals surface area contributed by atoms with Crippen molar-refractivity contribution in [2.24, 2.45) is 0 Å². The van der Waals surface area contributed by atoms with E-state index in [1.165, 1.54) is 16.8 Å². The number of aromatic nitrogens is 3. The Kier molecular flexibility index (Phi) is 5.90. The van der Waals surface area contributed by atoms with Crippen molar-refractivity contribution in [3.63, 3.8) is 0 Å². The van der Waals surface area contributed by atoms with E-state index in [0.29, 0.717) is 23.8 Å². The van der Waals surface area contributed by atoms with E-state index in [1.54, 1.807) is 26.0 Å². The number of hydrogen-bond donors (Lipinski definition) is 2. The highest BCUT2D eigenvalue weighted by Crippen LogP contribution is 2.15. The molecule has 10 heteroatoms. The fourth-order valence-electron chi connectivity index (χ4n) is 3.75. The van der Waals surface area contributed by atoms with E-state index in [-0.39, 0.29) is 35.3 Å². The molecule has 3 aromatic rings. The number of amides is 1.